The Morgan fingerprint density at radius 2 is 1.76 bits per heavy atom. The Morgan fingerprint density at radius 1 is 1.12 bits per heavy atom. The third-order valence-electron chi connectivity index (χ3n) is 6.16. The van der Waals surface area contributed by atoms with Crippen molar-refractivity contribution in [2.45, 2.75) is 25.7 Å². The third kappa shape index (κ3) is 5.50. The molecule has 0 aliphatic carbocycles. The molecule has 0 aromatic heterocycles. The normalized spacial score (nSPS) is 20.4. The number of halogens is 4. The van der Waals surface area contributed by atoms with Gasteiger partial charge in [-0.25, -0.2) is 8.51 Å². The van der Waals surface area contributed by atoms with Gasteiger partial charge in [0.25, 0.3) is 0 Å². The lowest BCUT2D eigenvalue weighted by molar-refractivity contribution is -0.274. The lowest BCUT2D eigenvalue weighted by Gasteiger charge is -2.34. The van der Waals surface area contributed by atoms with Crippen LogP contribution in [0.3, 0.4) is 0 Å². The lowest BCUT2D eigenvalue weighted by Crippen LogP contribution is -2.46. The summed E-state index contributed by atoms with van der Waals surface area (Å²) in [7, 11) is 0.879. The molecule has 0 bridgehead atoms. The zero-order chi connectivity index (χ0) is 24.6. The fraction of sp³-hybridized carbons (Fsp3) is 0.435. The van der Waals surface area contributed by atoms with Gasteiger partial charge in [-0.3, -0.25) is 5.01 Å². The van der Waals surface area contributed by atoms with Gasteiger partial charge in [0.05, 0.1) is 21.7 Å². The maximum atomic E-state index is 12.8. The van der Waals surface area contributed by atoms with Crippen LogP contribution in [0, 0.1) is 0 Å². The Kier molecular flexibility index (Phi) is 7.12. The average Bonchev–Trinajstić information content (AvgIpc) is 2.89. The molecule has 0 amide bonds. The smallest absolute Gasteiger partial charge is 0.404 e. The highest BCUT2D eigenvalue weighted by Crippen LogP contribution is 2.35. The number of nitrogens with zero attached hydrogens (tertiary/aromatic N) is 4. The molecule has 0 radical (unpaired) electrons. The van der Waals surface area contributed by atoms with Crippen LogP contribution in [0.4, 0.5) is 18.9 Å². The molecular weight excluding hydrogens is 489 g/mol. The summed E-state index contributed by atoms with van der Waals surface area (Å²) >= 11 is 6.18. The van der Waals surface area contributed by atoms with Crippen molar-refractivity contribution in [3.05, 3.63) is 58.1 Å². The van der Waals surface area contributed by atoms with E-state index in [0.29, 0.717) is 23.3 Å². The molecule has 4 rings (SSSR count). The van der Waals surface area contributed by atoms with Crippen LogP contribution in [0.5, 0.6) is 5.75 Å². The number of benzene rings is 2. The average molecular weight is 515 g/mol. The Labute approximate surface area is 204 Å². The van der Waals surface area contributed by atoms with E-state index >= 15 is 0 Å². The second-order valence-electron chi connectivity index (χ2n) is 8.45. The zero-order valence-corrected chi connectivity index (χ0v) is 20.7. The summed E-state index contributed by atoms with van der Waals surface area (Å²) < 4.78 is 56.3. The molecule has 0 N–H and O–H groups in total. The van der Waals surface area contributed by atoms with Gasteiger partial charge in [-0.1, -0.05) is 23.7 Å². The van der Waals surface area contributed by atoms with E-state index in [4.69, 9.17) is 16.7 Å². The number of hydrogen-bond acceptors (Lipinski definition) is 5. The predicted octanol–water partition coefficient (Wildman–Crippen LogP) is 4.28. The highest BCUT2D eigenvalue weighted by atomic mass is 35.5. The highest BCUT2D eigenvalue weighted by molar-refractivity contribution is 7.81. The van der Waals surface area contributed by atoms with Crippen molar-refractivity contribution in [1.29, 1.82) is 0 Å². The molecule has 6 nitrogen and oxygen atoms in total. The summed E-state index contributed by atoms with van der Waals surface area (Å²) in [5, 5.41) is 6.45. The first-order valence-corrected chi connectivity index (χ1v) is 12.7. The molecule has 0 saturated carbocycles. The van der Waals surface area contributed by atoms with Crippen molar-refractivity contribution in [3.8, 4) is 5.75 Å². The van der Waals surface area contributed by atoms with Gasteiger partial charge in [0, 0.05) is 62.3 Å². The Balaban J connectivity index is 1.64. The highest BCUT2D eigenvalue weighted by Gasteiger charge is 2.33. The number of hydrazone groups is 1. The van der Waals surface area contributed by atoms with Crippen LogP contribution in [0.25, 0.3) is 0 Å². The van der Waals surface area contributed by atoms with Crippen LogP contribution in [0.2, 0.25) is 5.02 Å². The van der Waals surface area contributed by atoms with E-state index in [1.54, 1.807) is 6.26 Å². The van der Waals surface area contributed by atoms with E-state index in [2.05, 4.69) is 9.64 Å². The molecule has 2 atom stereocenters. The fourth-order valence-corrected chi connectivity index (χ4v) is 5.07. The zero-order valence-electron chi connectivity index (χ0n) is 19.1. The van der Waals surface area contributed by atoms with Crippen LogP contribution >= 0.6 is 11.6 Å². The van der Waals surface area contributed by atoms with E-state index in [0.717, 1.165) is 37.4 Å². The Morgan fingerprint density at radius 3 is 2.35 bits per heavy atom. The number of alkyl halides is 3. The topological polar surface area (TPSA) is 48.4 Å². The van der Waals surface area contributed by atoms with Crippen molar-refractivity contribution >= 4 is 34.0 Å². The second-order valence-corrected chi connectivity index (χ2v) is 10.2. The van der Waals surface area contributed by atoms with Crippen LogP contribution in [-0.2, 0) is 17.4 Å². The number of fused-ring (bicyclic) bond motifs is 1. The number of piperazine rings is 1. The molecule has 184 valence electrons. The first-order valence-electron chi connectivity index (χ1n) is 10.9. The molecule has 34 heavy (non-hydrogen) atoms. The summed E-state index contributed by atoms with van der Waals surface area (Å²) in [6.07, 6.45) is -2.64. The van der Waals surface area contributed by atoms with E-state index in [1.807, 2.05) is 47.6 Å². The van der Waals surface area contributed by atoms with Crippen LogP contribution in [-0.4, -0.2) is 71.1 Å². The largest absolute Gasteiger partial charge is 0.573 e. The van der Waals surface area contributed by atoms with Gasteiger partial charge in [-0.2, -0.15) is 5.10 Å². The number of ether oxygens (including phenoxy) is 1. The Bertz CT molecular complexity index is 1100. The van der Waals surface area contributed by atoms with Crippen LogP contribution in [0.15, 0.2) is 41.5 Å². The molecule has 2 aliphatic rings. The molecule has 2 heterocycles. The molecule has 11 heteroatoms. The number of hydrogen-bond donors (Lipinski definition) is 0. The number of rotatable bonds is 4. The van der Waals surface area contributed by atoms with Gasteiger partial charge in [0.15, 0.2) is 0 Å². The van der Waals surface area contributed by atoms with Crippen molar-refractivity contribution in [2.75, 3.05) is 44.4 Å². The number of likely N-dealkylation sites (N-methyl/N-ethyl adjacent to an activating group) is 1. The first kappa shape index (κ1) is 24.8. The molecule has 2 unspecified atom stereocenters. The van der Waals surface area contributed by atoms with Crippen molar-refractivity contribution in [1.82, 2.24) is 9.31 Å². The van der Waals surface area contributed by atoms with Crippen LogP contribution < -0.4 is 9.64 Å². The van der Waals surface area contributed by atoms with E-state index < -0.39 is 23.1 Å². The Hall–Kier alpha value is -2.30. The molecule has 2 aromatic carbocycles. The van der Waals surface area contributed by atoms with Crippen molar-refractivity contribution < 1.29 is 22.1 Å². The molecule has 1 fully saturated rings. The first-order chi connectivity index (χ1) is 16.0. The van der Waals surface area contributed by atoms with Gasteiger partial charge in [0.1, 0.15) is 5.75 Å². The molecule has 0 spiro atoms. The fourth-order valence-electron chi connectivity index (χ4n) is 4.20. The van der Waals surface area contributed by atoms with Gasteiger partial charge in [-0.15, -0.1) is 13.2 Å². The van der Waals surface area contributed by atoms with E-state index in [1.165, 1.54) is 12.1 Å². The molecule has 2 aromatic rings. The summed E-state index contributed by atoms with van der Waals surface area (Å²) in [5.41, 5.74) is 3.89. The lowest BCUT2D eigenvalue weighted by atomic mass is 9.94. The van der Waals surface area contributed by atoms with Crippen molar-refractivity contribution in [3.63, 3.8) is 0 Å². The van der Waals surface area contributed by atoms with Gasteiger partial charge in [-0.05, 0) is 43.2 Å². The van der Waals surface area contributed by atoms with Gasteiger partial charge in [0.2, 0.25) is 0 Å². The summed E-state index contributed by atoms with van der Waals surface area (Å²) in [5.74, 6) is -0.411. The molecule has 2 aliphatic heterocycles. The minimum absolute atomic E-state index is 0.0316. The monoisotopic (exact) mass is 514 g/mol. The summed E-state index contributed by atoms with van der Waals surface area (Å²) in [6.45, 7) is 4.98. The predicted molar refractivity (Wildman–Crippen MR) is 129 cm³/mol. The summed E-state index contributed by atoms with van der Waals surface area (Å²) in [6, 6.07) is 10.8. The maximum absolute atomic E-state index is 12.8. The van der Waals surface area contributed by atoms with Gasteiger partial charge < -0.3 is 9.64 Å². The van der Waals surface area contributed by atoms with Gasteiger partial charge >= 0.3 is 6.36 Å². The summed E-state index contributed by atoms with van der Waals surface area (Å²) in [4.78, 5) is 2.24. The van der Waals surface area contributed by atoms with Crippen LogP contribution in [0.1, 0.15) is 23.6 Å². The van der Waals surface area contributed by atoms with E-state index in [9.17, 15) is 17.4 Å². The van der Waals surface area contributed by atoms with E-state index in [-0.39, 0.29) is 11.1 Å². The maximum Gasteiger partial charge on any atom is 0.573 e. The minimum atomic E-state index is -4.82. The number of anilines is 1. The molecule has 1 saturated heterocycles. The quantitative estimate of drug-likeness (QED) is 0.611. The standard InChI is InChI=1S/C23H26ClF3N4O2S/c1-15-12-17-13-21(33-23(25,26)27)20(24)14-19(17)22(28-29(15)2)16-4-6-18(7-5-16)30-8-10-31(11-9-30)34(3)32/h4-7,13-15H,8-12H2,1-3H3. The second kappa shape index (κ2) is 9.75. The minimum Gasteiger partial charge on any atom is -0.404 e. The molecular formula is C23H26ClF3N4O2S. The SMILES string of the molecule is CC1Cc2cc(OC(F)(F)F)c(Cl)cc2C(c2ccc(N3CCN(S(C)=O)CC3)cc2)=NN1C. The third-order valence-corrected chi connectivity index (χ3v) is 7.55. The van der Waals surface area contributed by atoms with Crippen molar-refractivity contribution in [2.24, 2.45) is 5.10 Å².